The molecule has 19 heavy (non-hydrogen) atoms. The highest BCUT2D eigenvalue weighted by Crippen LogP contribution is 2.38. The fraction of sp³-hybridized carbons (Fsp3) is 0.538. The predicted molar refractivity (Wildman–Crippen MR) is 70.4 cm³/mol. The molecule has 1 unspecified atom stereocenters. The van der Waals surface area contributed by atoms with Crippen LogP contribution in [0, 0.1) is 0 Å². The highest BCUT2D eigenvalue weighted by Gasteiger charge is 2.32. The molecule has 1 atom stereocenters. The van der Waals surface area contributed by atoms with Gasteiger partial charge in [0, 0.05) is 6.04 Å². The second kappa shape index (κ2) is 5.71. The van der Waals surface area contributed by atoms with Crippen LogP contribution in [0.3, 0.4) is 0 Å². The Labute approximate surface area is 118 Å². The maximum Gasteiger partial charge on any atom is 0.416 e. The van der Waals surface area contributed by atoms with Crippen molar-refractivity contribution < 1.29 is 17.9 Å². The summed E-state index contributed by atoms with van der Waals surface area (Å²) < 4.78 is 44.0. The van der Waals surface area contributed by atoms with E-state index in [1.54, 1.807) is 0 Å². The topological polar surface area (TPSA) is 21.3 Å². The normalized spacial score (nSPS) is 19.7. The Hall–Kier alpha value is -0.750. The minimum absolute atomic E-state index is 0.226. The van der Waals surface area contributed by atoms with Gasteiger partial charge in [-0.25, -0.2) is 0 Å². The fourth-order valence-electron chi connectivity index (χ4n) is 2.39. The minimum atomic E-state index is -4.34. The van der Waals surface area contributed by atoms with Crippen LogP contribution in [0.1, 0.15) is 24.0 Å². The Morgan fingerprint density at radius 1 is 1.42 bits per heavy atom. The third kappa shape index (κ3) is 3.42. The van der Waals surface area contributed by atoms with E-state index in [4.69, 9.17) is 4.74 Å². The van der Waals surface area contributed by atoms with Crippen LogP contribution in [-0.4, -0.2) is 19.7 Å². The first kappa shape index (κ1) is 14.7. The van der Waals surface area contributed by atoms with E-state index in [0.29, 0.717) is 22.2 Å². The van der Waals surface area contributed by atoms with E-state index in [0.717, 1.165) is 25.5 Å². The first-order chi connectivity index (χ1) is 8.91. The van der Waals surface area contributed by atoms with Crippen molar-refractivity contribution in [3.8, 4) is 5.75 Å². The zero-order valence-corrected chi connectivity index (χ0v) is 12.1. The van der Waals surface area contributed by atoms with Crippen molar-refractivity contribution >= 4 is 15.9 Å². The molecule has 0 amide bonds. The Kier molecular flexibility index (Phi) is 4.40. The van der Waals surface area contributed by atoms with Gasteiger partial charge >= 0.3 is 6.18 Å². The minimum Gasteiger partial charge on any atom is -0.495 e. The summed E-state index contributed by atoms with van der Waals surface area (Å²) in [5.74, 6) is 0.488. The molecule has 0 aromatic heterocycles. The Morgan fingerprint density at radius 2 is 2.16 bits per heavy atom. The molecule has 1 aromatic rings. The monoisotopic (exact) mass is 337 g/mol. The summed E-state index contributed by atoms with van der Waals surface area (Å²) in [5.41, 5.74) is -0.0585. The summed E-state index contributed by atoms with van der Waals surface area (Å²) in [5, 5.41) is 3.28. The van der Waals surface area contributed by atoms with Crippen LogP contribution in [-0.2, 0) is 12.6 Å². The molecule has 0 spiro atoms. The Morgan fingerprint density at radius 3 is 2.68 bits per heavy atom. The first-order valence-corrected chi connectivity index (χ1v) is 6.88. The van der Waals surface area contributed by atoms with Gasteiger partial charge in [0.15, 0.2) is 0 Å². The number of hydrogen-bond acceptors (Lipinski definition) is 2. The third-order valence-corrected chi connectivity index (χ3v) is 3.87. The van der Waals surface area contributed by atoms with Crippen LogP contribution >= 0.6 is 15.9 Å². The van der Waals surface area contributed by atoms with Crippen LogP contribution in [0.15, 0.2) is 16.6 Å². The third-order valence-electron chi connectivity index (χ3n) is 3.28. The van der Waals surface area contributed by atoms with Crippen molar-refractivity contribution in [2.75, 3.05) is 13.7 Å². The van der Waals surface area contributed by atoms with Gasteiger partial charge in [-0.1, -0.05) is 0 Å². The molecule has 1 fully saturated rings. The summed E-state index contributed by atoms with van der Waals surface area (Å²) in [7, 11) is 1.47. The largest absolute Gasteiger partial charge is 0.495 e. The van der Waals surface area contributed by atoms with Crippen molar-refractivity contribution in [3.63, 3.8) is 0 Å². The molecule has 1 heterocycles. The fourth-order valence-corrected chi connectivity index (χ4v) is 3.05. The molecule has 1 N–H and O–H groups in total. The lowest BCUT2D eigenvalue weighted by Gasteiger charge is -2.17. The lowest BCUT2D eigenvalue weighted by Crippen LogP contribution is -2.24. The zero-order chi connectivity index (χ0) is 14.0. The van der Waals surface area contributed by atoms with Gasteiger partial charge in [0.05, 0.1) is 17.1 Å². The summed E-state index contributed by atoms with van der Waals surface area (Å²) in [6.07, 6.45) is -1.75. The van der Waals surface area contributed by atoms with Gasteiger partial charge in [0.1, 0.15) is 5.75 Å². The number of methoxy groups -OCH3 is 1. The summed E-state index contributed by atoms with van der Waals surface area (Å²) >= 11 is 3.15. The number of hydrogen-bond donors (Lipinski definition) is 1. The van der Waals surface area contributed by atoms with Gasteiger partial charge in [-0.15, -0.1) is 0 Å². The van der Waals surface area contributed by atoms with Gasteiger partial charge in [0.25, 0.3) is 0 Å². The molecule has 1 saturated heterocycles. The average Bonchev–Trinajstić information content (AvgIpc) is 2.80. The van der Waals surface area contributed by atoms with Gasteiger partial charge in [0.2, 0.25) is 0 Å². The quantitative estimate of drug-likeness (QED) is 0.906. The maximum atomic E-state index is 12.8. The first-order valence-electron chi connectivity index (χ1n) is 6.09. The van der Waals surface area contributed by atoms with Crippen LogP contribution in [0.4, 0.5) is 13.2 Å². The molecule has 0 saturated carbocycles. The smallest absolute Gasteiger partial charge is 0.416 e. The van der Waals surface area contributed by atoms with E-state index in [2.05, 4.69) is 21.2 Å². The summed E-state index contributed by atoms with van der Waals surface area (Å²) in [4.78, 5) is 0. The molecular formula is C13H15BrF3NO. The SMILES string of the molecule is COc1c(Br)cc(C(F)(F)F)cc1CC1CCCN1. The number of ether oxygens (including phenoxy) is 1. The molecule has 6 heteroatoms. The van der Waals surface area contributed by atoms with E-state index in [1.807, 2.05) is 0 Å². The van der Waals surface area contributed by atoms with Crippen molar-refractivity contribution in [2.24, 2.45) is 0 Å². The van der Waals surface area contributed by atoms with Crippen molar-refractivity contribution in [1.29, 1.82) is 0 Å². The average molecular weight is 338 g/mol. The van der Waals surface area contributed by atoms with Gasteiger partial charge in [-0.2, -0.15) is 13.2 Å². The van der Waals surface area contributed by atoms with Crippen LogP contribution in [0.2, 0.25) is 0 Å². The lowest BCUT2D eigenvalue weighted by atomic mass is 10.0. The number of alkyl halides is 3. The lowest BCUT2D eigenvalue weighted by molar-refractivity contribution is -0.137. The maximum absolute atomic E-state index is 12.8. The molecule has 2 rings (SSSR count). The van der Waals surface area contributed by atoms with Crippen molar-refractivity contribution in [2.45, 2.75) is 31.5 Å². The van der Waals surface area contributed by atoms with Crippen molar-refractivity contribution in [1.82, 2.24) is 5.32 Å². The van der Waals surface area contributed by atoms with E-state index in [1.165, 1.54) is 13.2 Å². The molecule has 0 radical (unpaired) electrons. The predicted octanol–water partition coefficient (Wildman–Crippen LogP) is 3.77. The van der Waals surface area contributed by atoms with E-state index in [9.17, 15) is 13.2 Å². The standard InChI is InChI=1S/C13H15BrF3NO/c1-19-12-8(6-10-3-2-4-18-10)5-9(7-11(12)14)13(15,16)17/h5,7,10,18H,2-4,6H2,1H3. The number of halogens is 4. The second-order valence-corrected chi connectivity index (χ2v) is 5.50. The van der Waals surface area contributed by atoms with E-state index < -0.39 is 11.7 Å². The molecule has 0 aliphatic carbocycles. The van der Waals surface area contributed by atoms with Crippen LogP contribution in [0.5, 0.6) is 5.75 Å². The summed E-state index contributed by atoms with van der Waals surface area (Å²) in [6.45, 7) is 0.924. The molecule has 106 valence electrons. The Balaban J connectivity index is 2.35. The molecule has 0 bridgehead atoms. The van der Waals surface area contributed by atoms with E-state index >= 15 is 0 Å². The van der Waals surface area contributed by atoms with Gasteiger partial charge in [-0.05, 0) is 59.4 Å². The van der Waals surface area contributed by atoms with E-state index in [-0.39, 0.29) is 6.04 Å². The van der Waals surface area contributed by atoms with Gasteiger partial charge < -0.3 is 10.1 Å². The highest BCUT2D eigenvalue weighted by molar-refractivity contribution is 9.10. The van der Waals surface area contributed by atoms with Gasteiger partial charge in [-0.3, -0.25) is 0 Å². The van der Waals surface area contributed by atoms with Crippen LogP contribution in [0.25, 0.3) is 0 Å². The number of rotatable bonds is 3. The molecule has 1 aliphatic heterocycles. The molecular weight excluding hydrogens is 323 g/mol. The van der Waals surface area contributed by atoms with Crippen LogP contribution < -0.4 is 10.1 Å². The molecule has 2 nitrogen and oxygen atoms in total. The highest BCUT2D eigenvalue weighted by atomic mass is 79.9. The summed E-state index contributed by atoms with van der Waals surface area (Å²) in [6, 6.07) is 2.47. The van der Waals surface area contributed by atoms with Crippen molar-refractivity contribution in [3.05, 3.63) is 27.7 Å². The number of benzene rings is 1. The second-order valence-electron chi connectivity index (χ2n) is 4.65. The molecule has 1 aromatic carbocycles. The zero-order valence-electron chi connectivity index (χ0n) is 10.5. The molecule has 1 aliphatic rings. The Bertz CT molecular complexity index is 456. The number of nitrogens with one attached hydrogen (secondary N) is 1.